The summed E-state index contributed by atoms with van der Waals surface area (Å²) in [6.07, 6.45) is 2.15. The van der Waals surface area contributed by atoms with E-state index < -0.39 is 0 Å². The molecule has 1 aliphatic heterocycles. The molecule has 0 radical (unpaired) electrons. The van der Waals surface area contributed by atoms with Crippen molar-refractivity contribution in [3.05, 3.63) is 35.4 Å². The zero-order valence-corrected chi connectivity index (χ0v) is 12.2. The summed E-state index contributed by atoms with van der Waals surface area (Å²) in [7, 11) is 1.67. The van der Waals surface area contributed by atoms with Crippen LogP contribution in [0.25, 0.3) is 6.08 Å². The van der Waals surface area contributed by atoms with E-state index >= 15 is 0 Å². The molecule has 1 aliphatic rings. The lowest BCUT2D eigenvalue weighted by molar-refractivity contribution is -0.133. The quantitative estimate of drug-likeness (QED) is 0.796. The van der Waals surface area contributed by atoms with Crippen LogP contribution in [0.2, 0.25) is 0 Å². The number of rotatable bonds is 7. The summed E-state index contributed by atoms with van der Waals surface area (Å²) in [4.78, 5) is 0. The highest BCUT2D eigenvalue weighted by Gasteiger charge is 2.37. The summed E-state index contributed by atoms with van der Waals surface area (Å²) in [6, 6.07) is 7.99. The van der Waals surface area contributed by atoms with Crippen molar-refractivity contribution in [3.8, 4) is 5.75 Å². The number of hydrogen-bond donors (Lipinski definition) is 2. The molecule has 0 aliphatic carbocycles. The van der Waals surface area contributed by atoms with Gasteiger partial charge < -0.3 is 19.9 Å². The van der Waals surface area contributed by atoms with Gasteiger partial charge in [0.1, 0.15) is 5.75 Å². The summed E-state index contributed by atoms with van der Waals surface area (Å²) in [5, 5.41) is 12.7. The van der Waals surface area contributed by atoms with Gasteiger partial charge in [0.2, 0.25) is 0 Å². The van der Waals surface area contributed by atoms with Gasteiger partial charge in [0.15, 0.2) is 0 Å². The van der Waals surface area contributed by atoms with E-state index in [2.05, 4.69) is 18.3 Å². The summed E-state index contributed by atoms with van der Waals surface area (Å²) < 4.78 is 10.3. The molecule has 20 heavy (non-hydrogen) atoms. The van der Waals surface area contributed by atoms with Crippen LogP contribution in [0.15, 0.2) is 29.8 Å². The second kappa shape index (κ2) is 6.88. The molecule has 0 saturated carbocycles. The van der Waals surface area contributed by atoms with Gasteiger partial charge >= 0.3 is 0 Å². The highest BCUT2D eigenvalue weighted by Crippen LogP contribution is 2.25. The van der Waals surface area contributed by atoms with E-state index in [1.54, 1.807) is 7.11 Å². The van der Waals surface area contributed by atoms with Gasteiger partial charge in [-0.1, -0.05) is 23.8 Å². The number of aliphatic hydroxyl groups excluding tert-OH is 1. The Morgan fingerprint density at radius 1 is 1.40 bits per heavy atom. The topological polar surface area (TPSA) is 50.7 Å². The maximum absolute atomic E-state index is 9.34. The van der Waals surface area contributed by atoms with Crippen LogP contribution in [0.3, 0.4) is 0 Å². The molecule has 4 nitrogen and oxygen atoms in total. The van der Waals surface area contributed by atoms with E-state index in [1.165, 1.54) is 5.57 Å². The third-order valence-electron chi connectivity index (χ3n) is 3.58. The maximum Gasteiger partial charge on any atom is 0.118 e. The zero-order valence-electron chi connectivity index (χ0n) is 12.2. The first-order chi connectivity index (χ1) is 9.67. The monoisotopic (exact) mass is 277 g/mol. The Hall–Kier alpha value is -1.36. The Morgan fingerprint density at radius 2 is 2.10 bits per heavy atom. The second-order valence-electron chi connectivity index (χ2n) is 5.52. The fraction of sp³-hybridized carbons (Fsp3) is 0.500. The molecule has 110 valence electrons. The number of ether oxygens (including phenoxy) is 2. The van der Waals surface area contributed by atoms with Crippen molar-refractivity contribution >= 4 is 6.08 Å². The van der Waals surface area contributed by atoms with Gasteiger partial charge in [0.25, 0.3) is 0 Å². The smallest absolute Gasteiger partial charge is 0.118 e. The van der Waals surface area contributed by atoms with Gasteiger partial charge in [0, 0.05) is 13.1 Å². The summed E-state index contributed by atoms with van der Waals surface area (Å²) in [6.45, 7) is 5.18. The molecule has 2 N–H and O–H groups in total. The van der Waals surface area contributed by atoms with E-state index in [4.69, 9.17) is 9.47 Å². The molecule has 0 amide bonds. The Kier molecular flexibility index (Phi) is 5.17. The normalized spacial score (nSPS) is 17.6. The van der Waals surface area contributed by atoms with E-state index in [0.29, 0.717) is 13.2 Å². The average Bonchev–Trinajstić information content (AvgIpc) is 2.43. The van der Waals surface area contributed by atoms with Gasteiger partial charge in [-0.25, -0.2) is 0 Å². The molecule has 0 unspecified atom stereocenters. The SMILES string of the molecule is COc1ccc(/C=C(/C)CNCC2(CO)COC2)cc1. The molecule has 1 saturated heterocycles. The third-order valence-corrected chi connectivity index (χ3v) is 3.58. The molecule has 0 aromatic heterocycles. The first-order valence-corrected chi connectivity index (χ1v) is 6.88. The van der Waals surface area contributed by atoms with E-state index in [0.717, 1.165) is 24.4 Å². The minimum atomic E-state index is -0.0691. The highest BCUT2D eigenvalue weighted by molar-refractivity contribution is 5.53. The van der Waals surface area contributed by atoms with Crippen molar-refractivity contribution in [1.82, 2.24) is 5.32 Å². The van der Waals surface area contributed by atoms with Crippen molar-refractivity contribution < 1.29 is 14.6 Å². The molecular weight excluding hydrogens is 254 g/mol. The first-order valence-electron chi connectivity index (χ1n) is 6.88. The molecule has 0 bridgehead atoms. The van der Waals surface area contributed by atoms with Crippen LogP contribution in [0.1, 0.15) is 12.5 Å². The van der Waals surface area contributed by atoms with E-state index in [-0.39, 0.29) is 12.0 Å². The lowest BCUT2D eigenvalue weighted by Gasteiger charge is -2.40. The second-order valence-corrected chi connectivity index (χ2v) is 5.52. The summed E-state index contributed by atoms with van der Waals surface area (Å²) in [5.74, 6) is 0.868. The van der Waals surface area contributed by atoms with Gasteiger partial charge in [-0.3, -0.25) is 0 Å². The number of aliphatic hydroxyl groups is 1. The first kappa shape index (κ1) is 15.0. The molecule has 1 aromatic carbocycles. The maximum atomic E-state index is 9.34. The van der Waals surface area contributed by atoms with Gasteiger partial charge in [0.05, 0.1) is 32.3 Å². The lowest BCUT2D eigenvalue weighted by Crippen LogP contribution is -2.52. The van der Waals surface area contributed by atoms with Crippen LogP contribution in [0.4, 0.5) is 0 Å². The van der Waals surface area contributed by atoms with Crippen LogP contribution < -0.4 is 10.1 Å². The number of methoxy groups -OCH3 is 1. The summed E-state index contributed by atoms with van der Waals surface area (Å²) >= 11 is 0. The van der Waals surface area contributed by atoms with Crippen LogP contribution in [-0.4, -0.2) is 45.1 Å². The van der Waals surface area contributed by atoms with Gasteiger partial charge in [-0.2, -0.15) is 0 Å². The van der Waals surface area contributed by atoms with Crippen LogP contribution in [0, 0.1) is 5.41 Å². The number of nitrogens with one attached hydrogen (secondary N) is 1. The number of hydrogen-bond acceptors (Lipinski definition) is 4. The van der Waals surface area contributed by atoms with Crippen molar-refractivity contribution in [3.63, 3.8) is 0 Å². The Balaban J connectivity index is 1.81. The van der Waals surface area contributed by atoms with E-state index in [1.807, 2.05) is 24.3 Å². The minimum absolute atomic E-state index is 0.0691. The fourth-order valence-electron chi connectivity index (χ4n) is 2.20. The summed E-state index contributed by atoms with van der Waals surface area (Å²) in [5.41, 5.74) is 2.35. The molecule has 0 atom stereocenters. The minimum Gasteiger partial charge on any atom is -0.497 e. The average molecular weight is 277 g/mol. The lowest BCUT2D eigenvalue weighted by atomic mass is 9.87. The van der Waals surface area contributed by atoms with Gasteiger partial charge in [-0.05, 0) is 24.6 Å². The predicted octanol–water partition coefficient (Wildman–Crippen LogP) is 1.70. The molecule has 1 aromatic rings. The Bertz CT molecular complexity index is 444. The van der Waals surface area contributed by atoms with Crippen molar-refractivity contribution in [2.24, 2.45) is 5.41 Å². The predicted molar refractivity (Wildman–Crippen MR) is 79.9 cm³/mol. The van der Waals surface area contributed by atoms with Crippen molar-refractivity contribution in [2.75, 3.05) is 40.0 Å². The molecule has 2 rings (SSSR count). The largest absolute Gasteiger partial charge is 0.497 e. The van der Waals surface area contributed by atoms with Crippen LogP contribution >= 0.6 is 0 Å². The third kappa shape index (κ3) is 3.82. The van der Waals surface area contributed by atoms with Crippen molar-refractivity contribution in [1.29, 1.82) is 0 Å². The highest BCUT2D eigenvalue weighted by atomic mass is 16.5. The Labute approximate surface area is 120 Å². The van der Waals surface area contributed by atoms with Crippen molar-refractivity contribution in [2.45, 2.75) is 6.92 Å². The van der Waals surface area contributed by atoms with E-state index in [9.17, 15) is 5.11 Å². The zero-order chi connectivity index (χ0) is 14.4. The fourth-order valence-corrected chi connectivity index (χ4v) is 2.20. The molecule has 1 heterocycles. The number of benzene rings is 1. The standard InChI is InChI=1S/C16H23NO3/c1-13(7-14-3-5-15(19-2)6-4-14)8-17-9-16(10-18)11-20-12-16/h3-7,17-18H,8-12H2,1-2H3/b13-7-. The van der Waals surface area contributed by atoms with Crippen LogP contribution in [-0.2, 0) is 4.74 Å². The van der Waals surface area contributed by atoms with Crippen LogP contribution in [0.5, 0.6) is 5.75 Å². The Morgan fingerprint density at radius 3 is 2.60 bits per heavy atom. The van der Waals surface area contributed by atoms with Gasteiger partial charge in [-0.15, -0.1) is 0 Å². The molecule has 0 spiro atoms. The molecular formula is C16H23NO3. The molecule has 1 fully saturated rings. The molecule has 4 heteroatoms.